The molecule has 0 radical (unpaired) electrons. The summed E-state index contributed by atoms with van der Waals surface area (Å²) in [4.78, 5) is 11.5. The summed E-state index contributed by atoms with van der Waals surface area (Å²) < 4.78 is 1.64. The predicted octanol–water partition coefficient (Wildman–Crippen LogP) is 0.495. The van der Waals surface area contributed by atoms with Gasteiger partial charge in [-0.25, -0.2) is 0 Å². The van der Waals surface area contributed by atoms with E-state index >= 15 is 0 Å². The van der Waals surface area contributed by atoms with Gasteiger partial charge in [-0.05, 0) is 12.8 Å². The molecule has 1 heterocycles. The molecule has 0 atom stereocenters. The van der Waals surface area contributed by atoms with Crippen molar-refractivity contribution in [3.63, 3.8) is 0 Å². The topological polar surface area (TPSA) is 85.0 Å². The molecule has 0 saturated heterocycles. The van der Waals surface area contributed by atoms with Crippen molar-refractivity contribution < 1.29 is 4.79 Å². The van der Waals surface area contributed by atoms with Crippen molar-refractivity contribution in [2.24, 2.45) is 13.0 Å². The predicted molar refractivity (Wildman–Crippen MR) is 68.7 cm³/mol. The molecular formula is C11H21N5O. The highest BCUT2D eigenvalue weighted by molar-refractivity contribution is 5.81. The minimum absolute atomic E-state index is 0.0445. The zero-order valence-electron chi connectivity index (χ0n) is 10.9. The number of nitrogen functional groups attached to an aromatic ring is 1. The van der Waals surface area contributed by atoms with Gasteiger partial charge in [0, 0.05) is 13.6 Å². The van der Waals surface area contributed by atoms with Crippen molar-refractivity contribution in [1.29, 1.82) is 0 Å². The van der Waals surface area contributed by atoms with Crippen LogP contribution in [0.15, 0.2) is 0 Å². The second-order valence-corrected chi connectivity index (χ2v) is 4.52. The molecule has 0 aliphatic carbocycles. The lowest BCUT2D eigenvalue weighted by atomic mass is 10.2. The van der Waals surface area contributed by atoms with Gasteiger partial charge >= 0.3 is 0 Å². The average Bonchev–Trinajstić information content (AvgIpc) is 2.48. The van der Waals surface area contributed by atoms with E-state index in [1.165, 1.54) is 0 Å². The fourth-order valence-electron chi connectivity index (χ4n) is 1.43. The zero-order chi connectivity index (χ0) is 13.0. The van der Waals surface area contributed by atoms with Crippen molar-refractivity contribution >= 4 is 17.4 Å². The van der Waals surface area contributed by atoms with Crippen molar-refractivity contribution in [2.45, 2.75) is 20.8 Å². The Kier molecular flexibility index (Phi) is 4.37. The van der Waals surface area contributed by atoms with Crippen molar-refractivity contribution in [3.05, 3.63) is 5.69 Å². The number of carbonyl (C=O) groups is 1. The van der Waals surface area contributed by atoms with Crippen LogP contribution in [0.25, 0.3) is 0 Å². The van der Waals surface area contributed by atoms with Crippen LogP contribution in [0.2, 0.25) is 0 Å². The number of anilines is 2. The molecule has 96 valence electrons. The van der Waals surface area contributed by atoms with E-state index in [0.717, 1.165) is 5.69 Å². The first-order valence-electron chi connectivity index (χ1n) is 5.71. The van der Waals surface area contributed by atoms with Crippen molar-refractivity contribution in [3.8, 4) is 0 Å². The molecule has 1 rings (SSSR count). The molecule has 0 aromatic carbocycles. The maximum Gasteiger partial charge on any atom is 0.239 e. The van der Waals surface area contributed by atoms with Crippen molar-refractivity contribution in [1.82, 2.24) is 15.1 Å². The monoisotopic (exact) mass is 239 g/mol. The molecule has 6 heteroatoms. The lowest BCUT2D eigenvalue weighted by Crippen LogP contribution is -2.32. The zero-order valence-corrected chi connectivity index (χ0v) is 10.9. The minimum Gasteiger partial charge on any atom is -0.394 e. The van der Waals surface area contributed by atoms with E-state index in [-0.39, 0.29) is 12.5 Å². The van der Waals surface area contributed by atoms with Crippen LogP contribution in [0, 0.1) is 12.8 Å². The lowest BCUT2D eigenvalue weighted by molar-refractivity contribution is -0.119. The van der Waals surface area contributed by atoms with Crippen LogP contribution < -0.4 is 16.4 Å². The van der Waals surface area contributed by atoms with E-state index in [0.29, 0.717) is 24.0 Å². The van der Waals surface area contributed by atoms with E-state index in [1.807, 2.05) is 6.92 Å². The SMILES string of the molecule is Cc1nn(C)c(NCC(=O)NCC(C)C)c1N. The molecule has 0 unspecified atom stereocenters. The number of aryl methyl sites for hydroxylation is 2. The van der Waals surface area contributed by atoms with E-state index < -0.39 is 0 Å². The summed E-state index contributed by atoms with van der Waals surface area (Å²) in [7, 11) is 1.79. The van der Waals surface area contributed by atoms with Gasteiger partial charge in [-0.3, -0.25) is 9.48 Å². The van der Waals surface area contributed by atoms with Gasteiger partial charge in [0.25, 0.3) is 0 Å². The highest BCUT2D eigenvalue weighted by atomic mass is 16.1. The highest BCUT2D eigenvalue weighted by Gasteiger charge is 2.10. The fourth-order valence-corrected chi connectivity index (χ4v) is 1.43. The smallest absolute Gasteiger partial charge is 0.239 e. The summed E-state index contributed by atoms with van der Waals surface area (Å²) in [5, 5.41) is 9.98. The van der Waals surface area contributed by atoms with Gasteiger partial charge in [0.05, 0.1) is 17.9 Å². The molecule has 0 saturated carbocycles. The van der Waals surface area contributed by atoms with Gasteiger partial charge in [0.2, 0.25) is 5.91 Å². The average molecular weight is 239 g/mol. The number of hydrogen-bond donors (Lipinski definition) is 3. The number of nitrogens with one attached hydrogen (secondary N) is 2. The number of nitrogens with zero attached hydrogens (tertiary/aromatic N) is 2. The van der Waals surface area contributed by atoms with Crippen LogP contribution in [0.1, 0.15) is 19.5 Å². The molecule has 1 amide bonds. The van der Waals surface area contributed by atoms with Crippen LogP contribution in [-0.4, -0.2) is 28.8 Å². The van der Waals surface area contributed by atoms with Gasteiger partial charge in [0.1, 0.15) is 5.82 Å². The highest BCUT2D eigenvalue weighted by Crippen LogP contribution is 2.20. The first-order valence-corrected chi connectivity index (χ1v) is 5.71. The van der Waals surface area contributed by atoms with Crippen LogP contribution in [0.5, 0.6) is 0 Å². The van der Waals surface area contributed by atoms with E-state index in [4.69, 9.17) is 5.73 Å². The van der Waals surface area contributed by atoms with E-state index in [9.17, 15) is 4.79 Å². The number of carbonyl (C=O) groups excluding carboxylic acids is 1. The Hall–Kier alpha value is -1.72. The first kappa shape index (κ1) is 13.3. The van der Waals surface area contributed by atoms with Crippen LogP contribution in [0.4, 0.5) is 11.5 Å². The summed E-state index contributed by atoms with van der Waals surface area (Å²) in [5.74, 6) is 1.09. The summed E-state index contributed by atoms with van der Waals surface area (Å²) in [6, 6.07) is 0. The number of nitrogens with two attached hydrogens (primary N) is 1. The molecular weight excluding hydrogens is 218 g/mol. The molecule has 1 aromatic rings. The summed E-state index contributed by atoms with van der Waals surface area (Å²) in [6.45, 7) is 6.82. The molecule has 4 N–H and O–H groups in total. The second-order valence-electron chi connectivity index (χ2n) is 4.52. The Morgan fingerprint density at radius 3 is 2.65 bits per heavy atom. The summed E-state index contributed by atoms with van der Waals surface area (Å²) >= 11 is 0. The fraction of sp³-hybridized carbons (Fsp3) is 0.636. The van der Waals surface area contributed by atoms with E-state index in [1.54, 1.807) is 11.7 Å². The Morgan fingerprint density at radius 2 is 2.18 bits per heavy atom. The molecule has 1 aromatic heterocycles. The Labute approximate surface area is 102 Å². The minimum atomic E-state index is -0.0445. The number of rotatable bonds is 5. The van der Waals surface area contributed by atoms with Gasteiger partial charge in [-0.1, -0.05) is 13.8 Å². The van der Waals surface area contributed by atoms with Crippen LogP contribution >= 0.6 is 0 Å². The Morgan fingerprint density at radius 1 is 1.53 bits per heavy atom. The summed E-state index contributed by atoms with van der Waals surface area (Å²) in [5.41, 5.74) is 7.18. The van der Waals surface area contributed by atoms with E-state index in [2.05, 4.69) is 29.6 Å². The third-order valence-corrected chi connectivity index (χ3v) is 2.39. The summed E-state index contributed by atoms with van der Waals surface area (Å²) in [6.07, 6.45) is 0. The molecule has 0 fully saturated rings. The molecule has 0 spiro atoms. The molecule has 0 aliphatic rings. The lowest BCUT2D eigenvalue weighted by Gasteiger charge is -2.10. The Balaban J connectivity index is 2.47. The van der Waals surface area contributed by atoms with Gasteiger partial charge in [-0.2, -0.15) is 5.10 Å². The Bertz CT molecular complexity index is 397. The molecule has 0 bridgehead atoms. The van der Waals surface area contributed by atoms with Gasteiger partial charge < -0.3 is 16.4 Å². The maximum atomic E-state index is 11.5. The number of aromatic nitrogens is 2. The van der Waals surface area contributed by atoms with Crippen molar-refractivity contribution in [2.75, 3.05) is 24.1 Å². The standard InChI is InChI=1S/C11H21N5O/c1-7(2)5-13-9(17)6-14-11-10(12)8(3)15-16(11)4/h7,14H,5-6,12H2,1-4H3,(H,13,17). The number of amides is 1. The number of hydrogen-bond acceptors (Lipinski definition) is 4. The second kappa shape index (κ2) is 5.56. The maximum absolute atomic E-state index is 11.5. The van der Waals surface area contributed by atoms with Gasteiger partial charge in [-0.15, -0.1) is 0 Å². The quantitative estimate of drug-likeness (QED) is 0.698. The molecule has 17 heavy (non-hydrogen) atoms. The molecule has 6 nitrogen and oxygen atoms in total. The largest absolute Gasteiger partial charge is 0.394 e. The molecule has 0 aliphatic heterocycles. The first-order chi connectivity index (χ1) is 7.91. The van der Waals surface area contributed by atoms with Crippen LogP contribution in [0.3, 0.4) is 0 Å². The third-order valence-electron chi connectivity index (χ3n) is 2.39. The van der Waals surface area contributed by atoms with Crippen LogP contribution in [-0.2, 0) is 11.8 Å². The third kappa shape index (κ3) is 3.65. The van der Waals surface area contributed by atoms with Gasteiger partial charge in [0.15, 0.2) is 0 Å². The normalized spacial score (nSPS) is 10.6.